The van der Waals surface area contributed by atoms with E-state index < -0.39 is 5.54 Å². The van der Waals surface area contributed by atoms with Crippen molar-refractivity contribution in [2.75, 3.05) is 5.32 Å². The zero-order valence-corrected chi connectivity index (χ0v) is 14.3. The van der Waals surface area contributed by atoms with Crippen LogP contribution in [-0.2, 0) is 4.79 Å². The molecule has 0 aliphatic rings. The molecular weight excluding hydrogens is 326 g/mol. The van der Waals surface area contributed by atoms with Gasteiger partial charge in [-0.15, -0.1) is 11.3 Å². The molecule has 2 aromatic rings. The van der Waals surface area contributed by atoms with Crippen LogP contribution < -0.4 is 11.1 Å². The van der Waals surface area contributed by atoms with Crippen molar-refractivity contribution in [3.05, 3.63) is 34.3 Å². The molecular formula is C14H16ClN3OS2. The lowest BCUT2D eigenvalue weighted by Crippen LogP contribution is -2.45. The Morgan fingerprint density at radius 3 is 2.71 bits per heavy atom. The summed E-state index contributed by atoms with van der Waals surface area (Å²) in [6.07, 6.45) is 0. The van der Waals surface area contributed by atoms with Crippen LogP contribution in [0.2, 0.25) is 5.02 Å². The van der Waals surface area contributed by atoms with E-state index in [1.54, 1.807) is 37.3 Å². The first-order valence-corrected chi connectivity index (χ1v) is 8.33. The molecule has 3 N–H and O–H groups in total. The summed E-state index contributed by atoms with van der Waals surface area (Å²) in [7, 11) is 0. The quantitative estimate of drug-likeness (QED) is 0.884. The second kappa shape index (κ2) is 6.36. The summed E-state index contributed by atoms with van der Waals surface area (Å²) >= 11 is 9.34. The highest BCUT2D eigenvalue weighted by Gasteiger charge is 2.22. The number of thiazole rings is 1. The maximum atomic E-state index is 11.8. The first-order chi connectivity index (χ1) is 9.75. The number of aromatic nitrogens is 1. The average Bonchev–Trinajstić information content (AvgIpc) is 2.77. The first-order valence-electron chi connectivity index (χ1n) is 6.25. The number of hydrogen-bond donors (Lipinski definition) is 2. The van der Waals surface area contributed by atoms with E-state index in [4.69, 9.17) is 17.3 Å². The average molecular weight is 342 g/mol. The molecule has 0 bridgehead atoms. The Balaban J connectivity index is 2.12. The van der Waals surface area contributed by atoms with E-state index in [0.717, 1.165) is 14.9 Å². The van der Waals surface area contributed by atoms with Crippen molar-refractivity contribution in [1.82, 2.24) is 4.98 Å². The summed E-state index contributed by atoms with van der Waals surface area (Å²) in [6.45, 7) is 5.26. The molecule has 0 spiro atoms. The normalized spacial score (nSPS) is 11.5. The molecule has 1 aromatic heterocycles. The van der Waals surface area contributed by atoms with E-state index in [1.807, 2.05) is 18.4 Å². The molecule has 0 radical (unpaired) electrons. The largest absolute Gasteiger partial charge is 0.324 e. The highest BCUT2D eigenvalue weighted by Crippen LogP contribution is 2.36. The van der Waals surface area contributed by atoms with Crippen molar-refractivity contribution in [2.24, 2.45) is 5.73 Å². The number of hydrogen-bond acceptors (Lipinski definition) is 5. The molecule has 2 rings (SSSR count). The summed E-state index contributed by atoms with van der Waals surface area (Å²) < 4.78 is 0.939. The van der Waals surface area contributed by atoms with Gasteiger partial charge in [0.1, 0.15) is 0 Å². The third-order valence-corrected chi connectivity index (χ3v) is 5.13. The molecule has 1 aromatic carbocycles. The van der Waals surface area contributed by atoms with Crippen LogP contribution >= 0.6 is 34.7 Å². The van der Waals surface area contributed by atoms with Crippen molar-refractivity contribution >= 4 is 46.3 Å². The molecule has 0 aliphatic carbocycles. The molecule has 0 saturated carbocycles. The van der Waals surface area contributed by atoms with E-state index >= 15 is 0 Å². The number of benzene rings is 1. The lowest BCUT2D eigenvalue weighted by Gasteiger charge is -2.18. The SMILES string of the molecule is Cc1csc(Sc2ccc(NC(=O)C(C)(C)N)cc2Cl)n1. The van der Waals surface area contributed by atoms with E-state index in [1.165, 1.54) is 11.8 Å². The van der Waals surface area contributed by atoms with Gasteiger partial charge in [-0.2, -0.15) is 0 Å². The van der Waals surface area contributed by atoms with Gasteiger partial charge < -0.3 is 11.1 Å². The number of nitrogens with zero attached hydrogens (tertiary/aromatic N) is 1. The van der Waals surface area contributed by atoms with Gasteiger partial charge in [0, 0.05) is 21.7 Å². The number of anilines is 1. The number of nitrogens with one attached hydrogen (secondary N) is 1. The van der Waals surface area contributed by atoms with Crippen molar-refractivity contribution in [3.8, 4) is 0 Å². The summed E-state index contributed by atoms with van der Waals surface area (Å²) in [5, 5.41) is 5.31. The molecule has 1 amide bonds. The standard InChI is InChI=1S/C14H16ClN3OS2/c1-8-7-20-13(17-8)21-11-5-4-9(6-10(11)15)18-12(19)14(2,3)16/h4-7H,16H2,1-3H3,(H,18,19). The van der Waals surface area contributed by atoms with Crippen LogP contribution in [0.4, 0.5) is 5.69 Å². The lowest BCUT2D eigenvalue weighted by atomic mass is 10.1. The third kappa shape index (κ3) is 4.44. The lowest BCUT2D eigenvalue weighted by molar-refractivity contribution is -0.120. The summed E-state index contributed by atoms with van der Waals surface area (Å²) in [5.41, 5.74) is 6.43. The van der Waals surface area contributed by atoms with Crippen LogP contribution in [0.15, 0.2) is 32.8 Å². The number of nitrogens with two attached hydrogens (primary N) is 1. The van der Waals surface area contributed by atoms with Gasteiger partial charge in [0.05, 0.1) is 10.6 Å². The predicted molar refractivity (Wildman–Crippen MR) is 89.3 cm³/mol. The highest BCUT2D eigenvalue weighted by molar-refractivity contribution is 8.01. The Morgan fingerprint density at radius 2 is 2.19 bits per heavy atom. The minimum atomic E-state index is -0.932. The van der Waals surface area contributed by atoms with Gasteiger partial charge >= 0.3 is 0 Å². The fourth-order valence-corrected chi connectivity index (χ4v) is 3.52. The van der Waals surface area contributed by atoms with Gasteiger partial charge in [-0.3, -0.25) is 4.79 Å². The van der Waals surface area contributed by atoms with Crippen LogP contribution in [0.5, 0.6) is 0 Å². The van der Waals surface area contributed by atoms with Gasteiger partial charge in [-0.05, 0) is 39.0 Å². The maximum absolute atomic E-state index is 11.8. The zero-order valence-electron chi connectivity index (χ0n) is 11.9. The Kier molecular flexibility index (Phi) is 4.93. The maximum Gasteiger partial charge on any atom is 0.243 e. The van der Waals surface area contributed by atoms with E-state index in [-0.39, 0.29) is 5.91 Å². The predicted octanol–water partition coefficient (Wildman–Crippen LogP) is 3.93. The number of halogens is 1. The van der Waals surface area contributed by atoms with E-state index in [0.29, 0.717) is 10.7 Å². The number of carbonyl (C=O) groups excluding carboxylic acids is 1. The van der Waals surface area contributed by atoms with Crippen LogP contribution in [-0.4, -0.2) is 16.4 Å². The molecule has 0 fully saturated rings. The van der Waals surface area contributed by atoms with Gasteiger partial charge in [-0.1, -0.05) is 23.4 Å². The Labute approximate surface area is 137 Å². The third-order valence-electron chi connectivity index (χ3n) is 2.57. The molecule has 0 unspecified atom stereocenters. The minimum absolute atomic E-state index is 0.255. The topological polar surface area (TPSA) is 68.0 Å². The van der Waals surface area contributed by atoms with Gasteiger partial charge in [0.25, 0.3) is 0 Å². The minimum Gasteiger partial charge on any atom is -0.324 e. The Morgan fingerprint density at radius 1 is 1.48 bits per heavy atom. The molecule has 0 aliphatic heterocycles. The molecule has 7 heteroatoms. The van der Waals surface area contributed by atoms with E-state index in [2.05, 4.69) is 10.3 Å². The molecule has 4 nitrogen and oxygen atoms in total. The van der Waals surface area contributed by atoms with Crippen LogP contribution in [0.1, 0.15) is 19.5 Å². The number of rotatable bonds is 4. The molecule has 1 heterocycles. The van der Waals surface area contributed by atoms with Crippen molar-refractivity contribution in [3.63, 3.8) is 0 Å². The van der Waals surface area contributed by atoms with Crippen LogP contribution in [0.25, 0.3) is 0 Å². The second-order valence-electron chi connectivity index (χ2n) is 5.18. The monoisotopic (exact) mass is 341 g/mol. The van der Waals surface area contributed by atoms with Crippen LogP contribution in [0, 0.1) is 6.92 Å². The number of amides is 1. The van der Waals surface area contributed by atoms with Crippen LogP contribution in [0.3, 0.4) is 0 Å². The van der Waals surface area contributed by atoms with Crippen molar-refractivity contribution in [2.45, 2.75) is 35.5 Å². The Bertz CT molecular complexity index is 664. The fourth-order valence-electron chi connectivity index (χ4n) is 1.43. The van der Waals surface area contributed by atoms with Crippen molar-refractivity contribution in [1.29, 1.82) is 0 Å². The summed E-state index contributed by atoms with van der Waals surface area (Å²) in [4.78, 5) is 17.1. The summed E-state index contributed by atoms with van der Waals surface area (Å²) in [6, 6.07) is 5.38. The number of carbonyl (C=O) groups is 1. The zero-order chi connectivity index (χ0) is 15.6. The van der Waals surface area contributed by atoms with Crippen molar-refractivity contribution < 1.29 is 4.79 Å². The number of aryl methyl sites for hydroxylation is 1. The van der Waals surface area contributed by atoms with Gasteiger partial charge in [0.15, 0.2) is 4.34 Å². The molecule has 0 saturated heterocycles. The molecule has 21 heavy (non-hydrogen) atoms. The molecule has 112 valence electrons. The Hall–Kier alpha value is -1.08. The first kappa shape index (κ1) is 16.3. The highest BCUT2D eigenvalue weighted by atomic mass is 35.5. The van der Waals surface area contributed by atoms with Gasteiger partial charge in [0.2, 0.25) is 5.91 Å². The van der Waals surface area contributed by atoms with Gasteiger partial charge in [-0.25, -0.2) is 4.98 Å². The fraction of sp³-hybridized carbons (Fsp3) is 0.286. The second-order valence-corrected chi connectivity index (χ2v) is 7.73. The smallest absolute Gasteiger partial charge is 0.243 e. The molecule has 0 atom stereocenters. The van der Waals surface area contributed by atoms with E-state index in [9.17, 15) is 4.79 Å². The summed E-state index contributed by atoms with van der Waals surface area (Å²) in [5.74, 6) is -0.255.